The fourth-order valence-corrected chi connectivity index (χ4v) is 1.06. The number of carbonyl (C=O) groups is 1. The van der Waals surface area contributed by atoms with Crippen molar-refractivity contribution in [1.82, 2.24) is 15.5 Å². The fourth-order valence-electron chi connectivity index (χ4n) is 1.06. The summed E-state index contributed by atoms with van der Waals surface area (Å²) in [5, 5.41) is 5.82. The van der Waals surface area contributed by atoms with Crippen molar-refractivity contribution in [3.63, 3.8) is 0 Å². The Morgan fingerprint density at radius 1 is 1.50 bits per heavy atom. The summed E-state index contributed by atoms with van der Waals surface area (Å²) < 4.78 is 0. The largest absolute Gasteiger partial charge is 0.359 e. The normalized spacial score (nSPS) is 12.9. The summed E-state index contributed by atoms with van der Waals surface area (Å²) in [5.41, 5.74) is 5.54. The average molecular weight is 202 g/mol. The second-order valence-corrected chi connectivity index (χ2v) is 3.57. The number of nitrogens with one attached hydrogen (secondary N) is 2. The number of carbonyl (C=O) groups excluding carboxylic acids is 1. The van der Waals surface area contributed by atoms with Crippen LogP contribution in [0, 0.1) is 0 Å². The monoisotopic (exact) mass is 202 g/mol. The molecule has 0 rings (SSSR count). The van der Waals surface area contributed by atoms with Crippen molar-refractivity contribution in [2.75, 3.05) is 40.8 Å². The van der Waals surface area contributed by atoms with Crippen molar-refractivity contribution in [3.05, 3.63) is 0 Å². The lowest BCUT2D eigenvalue weighted by Gasteiger charge is -2.17. The van der Waals surface area contributed by atoms with Gasteiger partial charge < -0.3 is 21.3 Å². The number of nitrogens with zero attached hydrogens (tertiary/aromatic N) is 1. The van der Waals surface area contributed by atoms with E-state index in [1.54, 1.807) is 7.05 Å². The van der Waals surface area contributed by atoms with E-state index in [1.807, 2.05) is 14.1 Å². The molecule has 0 spiro atoms. The molecule has 0 aromatic heterocycles. The van der Waals surface area contributed by atoms with Gasteiger partial charge in [-0.3, -0.25) is 4.79 Å². The molecule has 0 aliphatic heterocycles. The maximum atomic E-state index is 11.1. The molecule has 0 saturated heterocycles. The van der Waals surface area contributed by atoms with E-state index >= 15 is 0 Å². The molecule has 1 amide bonds. The van der Waals surface area contributed by atoms with Gasteiger partial charge in [0.15, 0.2) is 0 Å². The maximum absolute atomic E-state index is 11.1. The third-order valence-corrected chi connectivity index (χ3v) is 1.99. The third kappa shape index (κ3) is 6.82. The molecule has 1 unspecified atom stereocenters. The number of likely N-dealkylation sites (N-methyl/N-ethyl adjacent to an activating group) is 1. The molecular formula is C9H22N4O. The van der Waals surface area contributed by atoms with Crippen LogP contribution in [-0.4, -0.2) is 57.6 Å². The molecular weight excluding hydrogens is 180 g/mol. The molecule has 0 heterocycles. The summed E-state index contributed by atoms with van der Waals surface area (Å²) in [6.45, 7) is 2.29. The minimum atomic E-state index is 0.0257. The van der Waals surface area contributed by atoms with Gasteiger partial charge in [0.05, 0.1) is 0 Å². The topological polar surface area (TPSA) is 70.4 Å². The third-order valence-electron chi connectivity index (χ3n) is 1.99. The summed E-state index contributed by atoms with van der Waals surface area (Å²) in [6, 6.07) is 0.0786. The molecule has 5 heteroatoms. The van der Waals surface area contributed by atoms with Gasteiger partial charge in [-0.2, -0.15) is 0 Å². The van der Waals surface area contributed by atoms with E-state index < -0.39 is 0 Å². The summed E-state index contributed by atoms with van der Waals surface area (Å²) in [5.74, 6) is 0.0257. The molecule has 1 atom stereocenters. The minimum Gasteiger partial charge on any atom is -0.359 e. The molecule has 0 aliphatic rings. The fraction of sp³-hybridized carbons (Fsp3) is 0.889. The molecule has 0 aliphatic carbocycles. The number of hydrogen-bond acceptors (Lipinski definition) is 4. The molecule has 14 heavy (non-hydrogen) atoms. The van der Waals surface area contributed by atoms with Crippen LogP contribution in [0.25, 0.3) is 0 Å². The highest BCUT2D eigenvalue weighted by atomic mass is 16.1. The average Bonchev–Trinajstić information content (AvgIpc) is 2.15. The number of rotatable bonds is 7. The summed E-state index contributed by atoms with van der Waals surface area (Å²) in [4.78, 5) is 13.1. The predicted octanol–water partition coefficient (Wildman–Crippen LogP) is -1.40. The lowest BCUT2D eigenvalue weighted by Crippen LogP contribution is -2.42. The smallest absolute Gasteiger partial charge is 0.221 e. The van der Waals surface area contributed by atoms with Crippen LogP contribution in [0.1, 0.15) is 6.42 Å². The summed E-state index contributed by atoms with van der Waals surface area (Å²) in [6.07, 6.45) is 0.445. The minimum absolute atomic E-state index is 0.0257. The second kappa shape index (κ2) is 7.73. The highest BCUT2D eigenvalue weighted by Crippen LogP contribution is 1.89. The van der Waals surface area contributed by atoms with Crippen LogP contribution in [0.5, 0.6) is 0 Å². The summed E-state index contributed by atoms with van der Waals surface area (Å²) >= 11 is 0. The molecule has 0 aromatic rings. The molecule has 5 nitrogen and oxygen atoms in total. The van der Waals surface area contributed by atoms with Crippen molar-refractivity contribution in [2.24, 2.45) is 5.73 Å². The number of amides is 1. The van der Waals surface area contributed by atoms with Crippen molar-refractivity contribution >= 4 is 5.91 Å². The maximum Gasteiger partial charge on any atom is 0.221 e. The first kappa shape index (κ1) is 13.4. The Morgan fingerprint density at radius 2 is 2.14 bits per heavy atom. The van der Waals surface area contributed by atoms with E-state index in [0.717, 1.165) is 13.1 Å². The summed E-state index contributed by atoms with van der Waals surface area (Å²) in [7, 11) is 5.66. The van der Waals surface area contributed by atoms with Gasteiger partial charge in [0, 0.05) is 39.1 Å². The second-order valence-electron chi connectivity index (χ2n) is 3.57. The molecule has 84 valence electrons. The molecule has 0 radical (unpaired) electrons. The molecule has 4 N–H and O–H groups in total. The van der Waals surface area contributed by atoms with Crippen LogP contribution in [0.2, 0.25) is 0 Å². The Hall–Kier alpha value is -0.650. The van der Waals surface area contributed by atoms with Gasteiger partial charge in [-0.1, -0.05) is 0 Å². The Bertz CT molecular complexity index is 161. The number of nitrogens with two attached hydrogens (primary N) is 1. The van der Waals surface area contributed by atoms with Crippen molar-refractivity contribution in [2.45, 2.75) is 12.5 Å². The van der Waals surface area contributed by atoms with Crippen LogP contribution in [0.15, 0.2) is 0 Å². The number of hydrogen-bond donors (Lipinski definition) is 3. The van der Waals surface area contributed by atoms with E-state index in [1.165, 1.54) is 0 Å². The standard InChI is InChI=1S/C9H22N4O/c1-11-9(14)6-8(7-10)12-4-5-13(2)3/h8,12H,4-7,10H2,1-3H3,(H,11,14). The van der Waals surface area contributed by atoms with Crippen LogP contribution < -0.4 is 16.4 Å². The van der Waals surface area contributed by atoms with Crippen LogP contribution in [0.4, 0.5) is 0 Å². The van der Waals surface area contributed by atoms with Crippen molar-refractivity contribution < 1.29 is 4.79 Å². The van der Waals surface area contributed by atoms with E-state index in [9.17, 15) is 4.79 Å². The van der Waals surface area contributed by atoms with Gasteiger partial charge in [-0.15, -0.1) is 0 Å². The highest BCUT2D eigenvalue weighted by molar-refractivity contribution is 5.76. The van der Waals surface area contributed by atoms with E-state index in [2.05, 4.69) is 15.5 Å². The van der Waals surface area contributed by atoms with Crippen molar-refractivity contribution in [3.8, 4) is 0 Å². The van der Waals surface area contributed by atoms with E-state index in [-0.39, 0.29) is 11.9 Å². The molecule has 0 bridgehead atoms. The Balaban J connectivity index is 3.63. The molecule has 0 fully saturated rings. The Kier molecular flexibility index (Phi) is 7.37. The van der Waals surface area contributed by atoms with Gasteiger partial charge in [-0.25, -0.2) is 0 Å². The quantitative estimate of drug-likeness (QED) is 0.475. The van der Waals surface area contributed by atoms with Gasteiger partial charge in [0.25, 0.3) is 0 Å². The zero-order valence-electron chi connectivity index (χ0n) is 9.34. The van der Waals surface area contributed by atoms with Gasteiger partial charge in [-0.05, 0) is 14.1 Å². The van der Waals surface area contributed by atoms with E-state index in [4.69, 9.17) is 5.73 Å². The first-order valence-corrected chi connectivity index (χ1v) is 4.89. The van der Waals surface area contributed by atoms with Crippen molar-refractivity contribution in [1.29, 1.82) is 0 Å². The SMILES string of the molecule is CNC(=O)CC(CN)NCCN(C)C. The highest BCUT2D eigenvalue weighted by Gasteiger charge is 2.09. The zero-order valence-corrected chi connectivity index (χ0v) is 9.34. The van der Waals surface area contributed by atoms with Gasteiger partial charge in [0.1, 0.15) is 0 Å². The van der Waals surface area contributed by atoms with Gasteiger partial charge in [0.2, 0.25) is 5.91 Å². The van der Waals surface area contributed by atoms with Crippen LogP contribution >= 0.6 is 0 Å². The Morgan fingerprint density at radius 3 is 2.57 bits per heavy atom. The van der Waals surface area contributed by atoms with Crippen LogP contribution in [0.3, 0.4) is 0 Å². The predicted molar refractivity (Wildman–Crippen MR) is 58.1 cm³/mol. The lowest BCUT2D eigenvalue weighted by molar-refractivity contribution is -0.121. The molecule has 0 aromatic carbocycles. The van der Waals surface area contributed by atoms with Crippen LogP contribution in [-0.2, 0) is 4.79 Å². The van der Waals surface area contributed by atoms with E-state index in [0.29, 0.717) is 13.0 Å². The van der Waals surface area contributed by atoms with Gasteiger partial charge >= 0.3 is 0 Å². The molecule has 0 saturated carbocycles. The first-order chi connectivity index (χ1) is 6.60. The zero-order chi connectivity index (χ0) is 11.0. The lowest BCUT2D eigenvalue weighted by atomic mass is 10.2. The Labute approximate surface area is 86.0 Å². The first-order valence-electron chi connectivity index (χ1n) is 4.89.